The van der Waals surface area contributed by atoms with Crippen molar-refractivity contribution in [1.29, 1.82) is 5.41 Å². The third kappa shape index (κ3) is 6.15. The molecular weight excluding hydrogens is 346 g/mol. The number of pyridine rings is 1. The van der Waals surface area contributed by atoms with Crippen LogP contribution < -0.4 is 26.9 Å². The summed E-state index contributed by atoms with van der Waals surface area (Å²) in [5.74, 6) is 10.4. The minimum Gasteiger partial charge on any atom is -0.495 e. The van der Waals surface area contributed by atoms with Gasteiger partial charge in [-0.25, -0.2) is 4.98 Å². The van der Waals surface area contributed by atoms with E-state index in [1.807, 2.05) is 26.0 Å². The molecule has 27 heavy (non-hydrogen) atoms. The second-order valence-corrected chi connectivity index (χ2v) is 5.59. The third-order valence-corrected chi connectivity index (χ3v) is 3.90. The van der Waals surface area contributed by atoms with Crippen molar-refractivity contribution in [2.75, 3.05) is 13.7 Å². The first-order chi connectivity index (χ1) is 13.1. The topological polar surface area (TPSA) is 159 Å². The van der Waals surface area contributed by atoms with Crippen molar-refractivity contribution < 1.29 is 9.47 Å². The first-order valence-corrected chi connectivity index (χ1v) is 8.72. The number of aromatic nitrogens is 3. The predicted octanol–water partition coefficient (Wildman–Crippen LogP) is 1.50. The highest BCUT2D eigenvalue weighted by atomic mass is 16.5. The van der Waals surface area contributed by atoms with E-state index in [9.17, 15) is 0 Å². The largest absolute Gasteiger partial charge is 0.495 e. The Morgan fingerprint density at radius 2 is 1.93 bits per heavy atom. The molecule has 148 valence electrons. The van der Waals surface area contributed by atoms with Gasteiger partial charge in [-0.1, -0.05) is 13.8 Å². The zero-order valence-corrected chi connectivity index (χ0v) is 16.3. The Bertz CT molecular complexity index is 722. The molecule has 2 heterocycles. The molecule has 0 amide bonds. The van der Waals surface area contributed by atoms with E-state index in [4.69, 9.17) is 20.6 Å². The van der Waals surface area contributed by atoms with Gasteiger partial charge >= 0.3 is 0 Å². The van der Waals surface area contributed by atoms with Crippen LogP contribution in [0.2, 0.25) is 0 Å². The molecule has 1 fully saturated rings. The fraction of sp³-hybridized carbons (Fsp3) is 0.444. The summed E-state index contributed by atoms with van der Waals surface area (Å²) in [6, 6.07) is 3.90. The molecule has 3 rings (SSSR count). The lowest BCUT2D eigenvalue weighted by molar-refractivity contribution is 0.283. The van der Waals surface area contributed by atoms with Crippen LogP contribution >= 0.6 is 0 Å². The number of hydrogen-bond acceptors (Lipinski definition) is 8. The van der Waals surface area contributed by atoms with Gasteiger partial charge in [-0.3, -0.25) is 22.1 Å². The van der Waals surface area contributed by atoms with Crippen LogP contribution in [-0.4, -0.2) is 34.5 Å². The molecule has 0 spiro atoms. The Hall–Kier alpha value is -2.78. The smallest absolute Gasteiger partial charge is 0.227 e. The highest BCUT2D eigenvalue weighted by Crippen LogP contribution is 2.46. The van der Waals surface area contributed by atoms with Crippen molar-refractivity contribution in [2.24, 2.45) is 23.3 Å². The van der Waals surface area contributed by atoms with Crippen molar-refractivity contribution in [2.45, 2.75) is 33.1 Å². The van der Waals surface area contributed by atoms with Gasteiger partial charge in [0.2, 0.25) is 5.88 Å². The molecule has 1 aliphatic carbocycles. The Labute approximate surface area is 159 Å². The van der Waals surface area contributed by atoms with Gasteiger partial charge in [0, 0.05) is 23.7 Å². The summed E-state index contributed by atoms with van der Waals surface area (Å²) in [5.41, 5.74) is 7.01. The van der Waals surface area contributed by atoms with Gasteiger partial charge < -0.3 is 15.2 Å². The zero-order chi connectivity index (χ0) is 20.4. The fourth-order valence-corrected chi connectivity index (χ4v) is 2.46. The average Bonchev–Trinajstić information content (AvgIpc) is 3.49. The van der Waals surface area contributed by atoms with Crippen molar-refractivity contribution >= 4 is 5.84 Å². The molecule has 2 atom stereocenters. The zero-order valence-electron chi connectivity index (χ0n) is 16.3. The van der Waals surface area contributed by atoms with Gasteiger partial charge in [-0.2, -0.15) is 4.98 Å². The summed E-state index contributed by atoms with van der Waals surface area (Å²) in [7, 11) is 1.63. The molecule has 2 aromatic heterocycles. The molecule has 7 N–H and O–H groups in total. The molecular formula is C18H29N7O2. The van der Waals surface area contributed by atoms with Crippen LogP contribution in [0.25, 0.3) is 0 Å². The first kappa shape index (κ1) is 22.3. The fourth-order valence-electron chi connectivity index (χ4n) is 2.46. The van der Waals surface area contributed by atoms with Crippen molar-refractivity contribution in [3.05, 3.63) is 41.6 Å². The number of nitrogens with one attached hydrogen (secondary N) is 1. The quantitative estimate of drug-likeness (QED) is 0.256. The summed E-state index contributed by atoms with van der Waals surface area (Å²) in [5, 5.41) is 7.56. The predicted molar refractivity (Wildman–Crippen MR) is 105 cm³/mol. The molecule has 9 heteroatoms. The lowest BCUT2D eigenvalue weighted by atomic mass is 10.2. The van der Waals surface area contributed by atoms with Crippen LogP contribution in [0.4, 0.5) is 0 Å². The van der Waals surface area contributed by atoms with Gasteiger partial charge in [-0.05, 0) is 25.5 Å². The van der Waals surface area contributed by atoms with Crippen LogP contribution in [-0.2, 0) is 0 Å². The second kappa shape index (κ2) is 11.0. The molecule has 2 aromatic rings. The van der Waals surface area contributed by atoms with Crippen LogP contribution in [0, 0.1) is 18.3 Å². The van der Waals surface area contributed by atoms with E-state index in [0.29, 0.717) is 35.7 Å². The van der Waals surface area contributed by atoms with Crippen LogP contribution in [0.15, 0.2) is 24.5 Å². The van der Waals surface area contributed by atoms with Crippen molar-refractivity contribution in [3.8, 4) is 11.6 Å². The number of nitrogen functional groups attached to an aromatic ring is 1. The SMILES string of the molecule is CC.COc1ccc([C@H]2C[C@@H]2COc2nc(C)ncc2C(=N)N)nc1.NN. The van der Waals surface area contributed by atoms with Gasteiger partial charge in [0.15, 0.2) is 0 Å². The van der Waals surface area contributed by atoms with Crippen molar-refractivity contribution in [3.63, 3.8) is 0 Å². The molecule has 0 bridgehead atoms. The maximum atomic E-state index is 7.56. The van der Waals surface area contributed by atoms with Gasteiger partial charge in [-0.15, -0.1) is 0 Å². The summed E-state index contributed by atoms with van der Waals surface area (Å²) in [6.07, 6.45) is 4.28. The number of aryl methyl sites for hydroxylation is 1. The van der Waals surface area contributed by atoms with Crippen LogP contribution in [0.5, 0.6) is 11.6 Å². The molecule has 0 aliphatic heterocycles. The summed E-state index contributed by atoms with van der Waals surface area (Å²) >= 11 is 0. The molecule has 1 saturated carbocycles. The highest BCUT2D eigenvalue weighted by molar-refractivity contribution is 5.96. The average molecular weight is 375 g/mol. The first-order valence-electron chi connectivity index (χ1n) is 8.72. The Kier molecular flexibility index (Phi) is 9.11. The lowest BCUT2D eigenvalue weighted by Crippen LogP contribution is -2.16. The number of ether oxygens (including phenoxy) is 2. The lowest BCUT2D eigenvalue weighted by Gasteiger charge is -2.09. The maximum Gasteiger partial charge on any atom is 0.227 e. The number of hydrogen-bond donors (Lipinski definition) is 4. The monoisotopic (exact) mass is 375 g/mol. The Morgan fingerprint density at radius 1 is 1.22 bits per heavy atom. The van der Waals surface area contributed by atoms with Gasteiger partial charge in [0.25, 0.3) is 0 Å². The maximum absolute atomic E-state index is 7.56. The molecule has 0 unspecified atom stereocenters. The molecule has 1 aliphatic rings. The van der Waals surface area contributed by atoms with E-state index >= 15 is 0 Å². The number of amidine groups is 1. The van der Waals surface area contributed by atoms with E-state index in [-0.39, 0.29) is 5.84 Å². The molecule has 0 aromatic carbocycles. The Balaban J connectivity index is 0.000000855. The highest BCUT2D eigenvalue weighted by Gasteiger charge is 2.40. The van der Waals surface area contributed by atoms with E-state index in [2.05, 4.69) is 26.6 Å². The Morgan fingerprint density at radius 3 is 2.48 bits per heavy atom. The number of nitrogens with zero attached hydrogens (tertiary/aromatic N) is 3. The molecule has 9 nitrogen and oxygen atoms in total. The van der Waals surface area contributed by atoms with E-state index in [1.54, 1.807) is 20.2 Å². The standard InChI is InChI=1S/C16H19N5O2.C2H6.H4N2/c1-9-19-7-13(15(17)18)16(21-9)23-8-10-5-12(10)14-4-3-11(22-2)6-20-14;2*1-2/h3-4,6-7,10,12H,5,8H2,1-2H3,(H3,17,18);1-2H3;1-2H2/t10-,12+;;/m1../s1. The number of methoxy groups -OCH3 is 1. The molecule has 0 radical (unpaired) electrons. The van der Waals surface area contributed by atoms with E-state index in [1.165, 1.54) is 6.20 Å². The summed E-state index contributed by atoms with van der Waals surface area (Å²) < 4.78 is 10.9. The minimum absolute atomic E-state index is 0.0934. The van der Waals surface area contributed by atoms with E-state index < -0.39 is 0 Å². The number of nitrogens with two attached hydrogens (primary N) is 3. The third-order valence-electron chi connectivity index (χ3n) is 3.90. The summed E-state index contributed by atoms with van der Waals surface area (Å²) in [6.45, 7) is 6.30. The normalized spacial score (nSPS) is 16.8. The molecule has 0 saturated heterocycles. The minimum atomic E-state index is -0.0934. The number of hydrazine groups is 1. The van der Waals surface area contributed by atoms with E-state index in [0.717, 1.165) is 17.9 Å². The summed E-state index contributed by atoms with van der Waals surface area (Å²) in [4.78, 5) is 12.7. The second-order valence-electron chi connectivity index (χ2n) is 5.59. The van der Waals surface area contributed by atoms with Crippen molar-refractivity contribution in [1.82, 2.24) is 15.0 Å². The van der Waals surface area contributed by atoms with Gasteiger partial charge in [0.1, 0.15) is 17.4 Å². The van der Waals surface area contributed by atoms with Gasteiger partial charge in [0.05, 0.1) is 25.5 Å². The number of rotatable bonds is 6. The van der Waals surface area contributed by atoms with Crippen LogP contribution in [0.3, 0.4) is 0 Å². The van der Waals surface area contributed by atoms with Crippen LogP contribution in [0.1, 0.15) is 43.3 Å².